The van der Waals surface area contributed by atoms with Crippen molar-refractivity contribution in [1.82, 2.24) is 5.32 Å². The highest BCUT2D eigenvalue weighted by Gasteiger charge is 2.25. The van der Waals surface area contributed by atoms with Crippen LogP contribution in [-0.4, -0.2) is 25.6 Å². The lowest BCUT2D eigenvalue weighted by Crippen LogP contribution is -2.44. The molecule has 0 aliphatic rings. The van der Waals surface area contributed by atoms with E-state index in [1.807, 2.05) is 29.6 Å². The van der Waals surface area contributed by atoms with Gasteiger partial charge < -0.3 is 15.4 Å². The molecule has 1 atom stereocenters. The lowest BCUT2D eigenvalue weighted by Gasteiger charge is -2.32. The van der Waals surface area contributed by atoms with Gasteiger partial charge in [-0.15, -0.1) is 0 Å². The number of aryl methyl sites for hydroxylation is 1. The Morgan fingerprint density at radius 3 is 2.72 bits per heavy atom. The Morgan fingerprint density at radius 1 is 1.28 bits per heavy atom. The second-order valence-corrected chi connectivity index (χ2v) is 8.01. The molecule has 1 heterocycles. The van der Waals surface area contributed by atoms with Gasteiger partial charge in [-0.2, -0.15) is 11.3 Å². The van der Waals surface area contributed by atoms with Crippen LogP contribution in [0.1, 0.15) is 32.8 Å². The van der Waals surface area contributed by atoms with E-state index >= 15 is 0 Å². The molecular formula is C20H28N2O2S. The Kier molecular flexibility index (Phi) is 6.88. The van der Waals surface area contributed by atoms with Crippen LogP contribution in [0.3, 0.4) is 0 Å². The van der Waals surface area contributed by atoms with Gasteiger partial charge in [0.25, 0.3) is 0 Å². The van der Waals surface area contributed by atoms with Crippen LogP contribution in [0.15, 0.2) is 41.1 Å². The molecule has 2 aromatic rings. The lowest BCUT2D eigenvalue weighted by atomic mass is 9.86. The van der Waals surface area contributed by atoms with Crippen LogP contribution in [0.25, 0.3) is 0 Å². The Labute approximate surface area is 154 Å². The van der Waals surface area contributed by atoms with Crippen molar-refractivity contribution in [2.45, 2.75) is 39.7 Å². The number of thiophene rings is 1. The Balaban J connectivity index is 1.90. The first-order valence-corrected chi connectivity index (χ1v) is 9.51. The number of ether oxygens (including phenoxy) is 1. The number of rotatable bonds is 8. The quantitative estimate of drug-likeness (QED) is 0.736. The summed E-state index contributed by atoms with van der Waals surface area (Å²) < 4.78 is 5.28. The van der Waals surface area contributed by atoms with E-state index < -0.39 is 0 Å². The molecule has 0 aliphatic heterocycles. The maximum absolute atomic E-state index is 12.2. The summed E-state index contributed by atoms with van der Waals surface area (Å²) in [5, 5.41) is 10.7. The number of carbonyl (C=O) groups is 1. The summed E-state index contributed by atoms with van der Waals surface area (Å²) in [5.74, 6) is 0.908. The first kappa shape index (κ1) is 19.3. The van der Waals surface area contributed by atoms with Crippen molar-refractivity contribution in [2.75, 3.05) is 19.0 Å². The third kappa shape index (κ3) is 6.42. The number of amides is 1. The molecule has 1 aromatic heterocycles. The van der Waals surface area contributed by atoms with E-state index in [4.69, 9.17) is 4.74 Å². The molecule has 0 fully saturated rings. The van der Waals surface area contributed by atoms with Gasteiger partial charge in [0.1, 0.15) is 5.75 Å². The largest absolute Gasteiger partial charge is 0.497 e. The third-order valence-electron chi connectivity index (χ3n) is 4.18. The van der Waals surface area contributed by atoms with Crippen molar-refractivity contribution >= 4 is 22.9 Å². The lowest BCUT2D eigenvalue weighted by molar-refractivity contribution is -0.121. The molecule has 2 rings (SSSR count). The maximum Gasteiger partial charge on any atom is 0.220 e. The molecule has 0 aliphatic carbocycles. The zero-order valence-electron chi connectivity index (χ0n) is 15.5. The van der Waals surface area contributed by atoms with E-state index in [2.05, 4.69) is 42.9 Å². The molecule has 1 amide bonds. The van der Waals surface area contributed by atoms with Gasteiger partial charge in [-0.1, -0.05) is 26.8 Å². The van der Waals surface area contributed by atoms with E-state index in [-0.39, 0.29) is 17.4 Å². The van der Waals surface area contributed by atoms with Gasteiger partial charge in [-0.05, 0) is 46.4 Å². The first-order chi connectivity index (χ1) is 11.9. The van der Waals surface area contributed by atoms with Crippen LogP contribution >= 0.6 is 11.3 Å². The van der Waals surface area contributed by atoms with E-state index in [1.165, 1.54) is 5.56 Å². The summed E-state index contributed by atoms with van der Waals surface area (Å²) in [5.41, 5.74) is 2.22. The Hall–Kier alpha value is -2.01. The van der Waals surface area contributed by atoms with Crippen molar-refractivity contribution in [3.8, 4) is 5.75 Å². The number of hydrogen-bond acceptors (Lipinski definition) is 4. The molecule has 5 heteroatoms. The van der Waals surface area contributed by atoms with E-state index in [0.717, 1.165) is 17.9 Å². The fourth-order valence-electron chi connectivity index (χ4n) is 2.48. The first-order valence-electron chi connectivity index (χ1n) is 8.57. The summed E-state index contributed by atoms with van der Waals surface area (Å²) in [7, 11) is 1.66. The van der Waals surface area contributed by atoms with Crippen LogP contribution in [0, 0.1) is 5.41 Å². The molecule has 25 heavy (non-hydrogen) atoms. The fraction of sp³-hybridized carbons (Fsp3) is 0.450. The van der Waals surface area contributed by atoms with Crippen molar-refractivity contribution in [1.29, 1.82) is 0 Å². The van der Waals surface area contributed by atoms with Crippen molar-refractivity contribution in [2.24, 2.45) is 5.41 Å². The molecule has 0 saturated heterocycles. The zero-order chi connectivity index (χ0) is 18.3. The summed E-state index contributed by atoms with van der Waals surface area (Å²) in [6.07, 6.45) is 1.31. The fourth-order valence-corrected chi connectivity index (χ4v) is 3.19. The Bertz CT molecular complexity index is 663. The molecular weight excluding hydrogens is 332 g/mol. The molecule has 1 unspecified atom stereocenters. The predicted octanol–water partition coefficient (Wildman–Crippen LogP) is 4.33. The summed E-state index contributed by atoms with van der Waals surface area (Å²) in [4.78, 5) is 12.2. The maximum atomic E-state index is 12.2. The summed E-state index contributed by atoms with van der Waals surface area (Å²) in [6, 6.07) is 10.0. The van der Waals surface area contributed by atoms with Crippen LogP contribution in [0.4, 0.5) is 5.69 Å². The SMILES string of the molecule is COc1cccc(NC(CNC(=O)CCc2ccsc2)C(C)(C)C)c1. The van der Waals surface area contributed by atoms with Gasteiger partial charge in [0.2, 0.25) is 5.91 Å². The van der Waals surface area contributed by atoms with Gasteiger partial charge in [0.05, 0.1) is 7.11 Å². The second kappa shape index (κ2) is 8.90. The van der Waals surface area contributed by atoms with Crippen molar-refractivity contribution < 1.29 is 9.53 Å². The number of carbonyl (C=O) groups excluding carboxylic acids is 1. The van der Waals surface area contributed by atoms with Gasteiger partial charge in [0.15, 0.2) is 0 Å². The molecule has 0 saturated carbocycles. The number of anilines is 1. The van der Waals surface area contributed by atoms with Crippen LogP contribution in [0.5, 0.6) is 5.75 Å². The normalized spacial score (nSPS) is 12.5. The van der Waals surface area contributed by atoms with Crippen LogP contribution in [-0.2, 0) is 11.2 Å². The van der Waals surface area contributed by atoms with Crippen molar-refractivity contribution in [3.05, 3.63) is 46.7 Å². The predicted molar refractivity (Wildman–Crippen MR) is 106 cm³/mol. The topological polar surface area (TPSA) is 50.4 Å². The molecule has 0 radical (unpaired) electrons. The average molecular weight is 361 g/mol. The Morgan fingerprint density at radius 2 is 2.08 bits per heavy atom. The molecule has 136 valence electrons. The van der Waals surface area contributed by atoms with E-state index in [1.54, 1.807) is 18.4 Å². The summed E-state index contributed by atoms with van der Waals surface area (Å²) >= 11 is 1.67. The minimum atomic E-state index is 0.00369. The highest BCUT2D eigenvalue weighted by atomic mass is 32.1. The molecule has 2 N–H and O–H groups in total. The monoisotopic (exact) mass is 360 g/mol. The molecule has 0 spiro atoms. The van der Waals surface area contributed by atoms with Crippen LogP contribution < -0.4 is 15.4 Å². The smallest absolute Gasteiger partial charge is 0.220 e. The zero-order valence-corrected chi connectivity index (χ0v) is 16.3. The van der Waals surface area contributed by atoms with Crippen LogP contribution in [0.2, 0.25) is 0 Å². The second-order valence-electron chi connectivity index (χ2n) is 7.23. The number of benzene rings is 1. The molecule has 1 aromatic carbocycles. The number of nitrogens with one attached hydrogen (secondary N) is 2. The highest BCUT2D eigenvalue weighted by molar-refractivity contribution is 7.07. The number of hydrogen-bond donors (Lipinski definition) is 2. The minimum Gasteiger partial charge on any atom is -0.497 e. The highest BCUT2D eigenvalue weighted by Crippen LogP contribution is 2.25. The third-order valence-corrected chi connectivity index (χ3v) is 4.91. The number of methoxy groups -OCH3 is 1. The van der Waals surface area contributed by atoms with E-state index in [0.29, 0.717) is 13.0 Å². The van der Waals surface area contributed by atoms with Gasteiger partial charge in [-0.3, -0.25) is 4.79 Å². The van der Waals surface area contributed by atoms with Gasteiger partial charge >= 0.3 is 0 Å². The molecule has 4 nitrogen and oxygen atoms in total. The molecule has 0 bridgehead atoms. The van der Waals surface area contributed by atoms with Gasteiger partial charge in [0, 0.05) is 30.8 Å². The van der Waals surface area contributed by atoms with E-state index in [9.17, 15) is 4.79 Å². The standard InChI is InChI=1S/C20H28N2O2S/c1-20(2,3)18(22-16-6-5-7-17(12-16)24-4)13-21-19(23)9-8-15-10-11-25-14-15/h5-7,10-12,14,18,22H,8-9,13H2,1-4H3,(H,21,23). The summed E-state index contributed by atoms with van der Waals surface area (Å²) in [6.45, 7) is 7.09. The van der Waals surface area contributed by atoms with Crippen molar-refractivity contribution in [3.63, 3.8) is 0 Å². The average Bonchev–Trinajstić information content (AvgIpc) is 3.09. The minimum absolute atomic E-state index is 0.00369. The van der Waals surface area contributed by atoms with Gasteiger partial charge in [-0.25, -0.2) is 0 Å².